The lowest BCUT2D eigenvalue weighted by Gasteiger charge is -2.07. The van der Waals surface area contributed by atoms with Gasteiger partial charge in [0.05, 0.1) is 6.20 Å². The molecule has 0 aliphatic heterocycles. The van der Waals surface area contributed by atoms with E-state index < -0.39 is 0 Å². The maximum atomic E-state index is 12.2. The first kappa shape index (κ1) is 15.3. The Morgan fingerprint density at radius 1 is 1.19 bits per heavy atom. The number of hydrogen-bond acceptors (Lipinski definition) is 4. The van der Waals surface area contributed by atoms with Crippen LogP contribution in [0.1, 0.15) is 22.3 Å². The zero-order valence-electron chi connectivity index (χ0n) is 14.6. The SMILES string of the molecule is CNCCn1c2ccc(-c3ncco3)cc2c2c3c(ccc21)C(=O)CC3. The maximum Gasteiger partial charge on any atom is 0.225 e. The molecular weight excluding hydrogens is 326 g/mol. The fraction of sp³-hybridized carbons (Fsp3) is 0.238. The van der Waals surface area contributed by atoms with Crippen molar-refractivity contribution in [2.75, 3.05) is 13.6 Å². The fourth-order valence-electron chi connectivity index (χ4n) is 4.12. The number of rotatable bonds is 4. The average Bonchev–Trinajstić information content (AvgIpc) is 3.38. The molecule has 1 aliphatic rings. The van der Waals surface area contributed by atoms with Gasteiger partial charge in [0.25, 0.3) is 0 Å². The van der Waals surface area contributed by atoms with Crippen molar-refractivity contribution in [3.63, 3.8) is 0 Å². The van der Waals surface area contributed by atoms with Gasteiger partial charge in [-0.1, -0.05) is 0 Å². The Hall–Kier alpha value is -2.92. The second-order valence-electron chi connectivity index (χ2n) is 6.73. The van der Waals surface area contributed by atoms with E-state index in [9.17, 15) is 4.79 Å². The maximum absolute atomic E-state index is 12.2. The van der Waals surface area contributed by atoms with Crippen LogP contribution < -0.4 is 5.32 Å². The summed E-state index contributed by atoms with van der Waals surface area (Å²) >= 11 is 0. The minimum absolute atomic E-state index is 0.252. The Morgan fingerprint density at radius 3 is 2.88 bits per heavy atom. The van der Waals surface area contributed by atoms with E-state index in [0.29, 0.717) is 12.3 Å². The summed E-state index contributed by atoms with van der Waals surface area (Å²) in [4.78, 5) is 16.5. The molecule has 0 bridgehead atoms. The van der Waals surface area contributed by atoms with Crippen LogP contribution in [0, 0.1) is 0 Å². The first-order valence-corrected chi connectivity index (χ1v) is 8.93. The van der Waals surface area contributed by atoms with Crippen LogP contribution >= 0.6 is 0 Å². The highest BCUT2D eigenvalue weighted by molar-refractivity contribution is 6.15. The molecule has 2 heterocycles. The summed E-state index contributed by atoms with van der Waals surface area (Å²) in [6, 6.07) is 10.4. The number of carbonyl (C=O) groups is 1. The number of ketones is 1. The number of nitrogens with zero attached hydrogens (tertiary/aromatic N) is 2. The molecular formula is C21H19N3O2. The second-order valence-corrected chi connectivity index (χ2v) is 6.73. The third kappa shape index (κ3) is 2.14. The molecule has 0 amide bonds. The number of Topliss-reactive ketones (excluding diaryl/α,β-unsaturated/α-hetero) is 1. The van der Waals surface area contributed by atoms with Gasteiger partial charge in [-0.15, -0.1) is 0 Å². The van der Waals surface area contributed by atoms with Crippen molar-refractivity contribution in [2.45, 2.75) is 19.4 Å². The second kappa shape index (κ2) is 5.81. The molecule has 5 nitrogen and oxygen atoms in total. The Bertz CT molecular complexity index is 1140. The molecule has 0 unspecified atom stereocenters. The summed E-state index contributed by atoms with van der Waals surface area (Å²) in [5.41, 5.74) is 5.39. The molecule has 4 aromatic rings. The van der Waals surface area contributed by atoms with Crippen LogP contribution in [0.4, 0.5) is 0 Å². The van der Waals surface area contributed by atoms with Crippen molar-refractivity contribution in [1.82, 2.24) is 14.9 Å². The third-order valence-electron chi connectivity index (χ3n) is 5.31. The molecule has 0 fully saturated rings. The van der Waals surface area contributed by atoms with Gasteiger partial charge in [0.15, 0.2) is 5.78 Å². The van der Waals surface area contributed by atoms with Crippen molar-refractivity contribution in [1.29, 1.82) is 0 Å². The Kier molecular flexibility index (Phi) is 3.43. The smallest absolute Gasteiger partial charge is 0.225 e. The highest BCUT2D eigenvalue weighted by Crippen LogP contribution is 2.38. The predicted octanol–water partition coefficient (Wildman–Crippen LogP) is 3.80. The standard InChI is InChI=1S/C21H19N3O2/c1-22-8-10-24-17-5-2-13(21-23-9-11-26-21)12-16(17)20-15-4-7-19(25)14(15)3-6-18(20)24/h2-3,5-6,9,11-12,22H,4,7-8,10H2,1H3. The van der Waals surface area contributed by atoms with Gasteiger partial charge in [-0.05, 0) is 49.4 Å². The molecule has 5 rings (SSSR count). The molecule has 1 aliphatic carbocycles. The van der Waals surface area contributed by atoms with Crippen LogP contribution in [0.2, 0.25) is 0 Å². The van der Waals surface area contributed by atoms with E-state index in [1.165, 1.54) is 27.4 Å². The first-order valence-electron chi connectivity index (χ1n) is 8.93. The van der Waals surface area contributed by atoms with Gasteiger partial charge in [-0.25, -0.2) is 4.98 Å². The molecule has 2 aromatic heterocycles. The lowest BCUT2D eigenvalue weighted by molar-refractivity contribution is 0.0994. The highest BCUT2D eigenvalue weighted by Gasteiger charge is 2.25. The molecule has 5 heteroatoms. The molecule has 0 saturated heterocycles. The average molecular weight is 345 g/mol. The lowest BCUT2D eigenvalue weighted by Crippen LogP contribution is -2.14. The van der Waals surface area contributed by atoms with Gasteiger partial charge in [-0.2, -0.15) is 0 Å². The Morgan fingerprint density at radius 2 is 2.08 bits per heavy atom. The van der Waals surface area contributed by atoms with Crippen LogP contribution in [0.3, 0.4) is 0 Å². The van der Waals surface area contributed by atoms with Crippen molar-refractivity contribution in [2.24, 2.45) is 0 Å². The molecule has 26 heavy (non-hydrogen) atoms. The minimum atomic E-state index is 0.252. The van der Waals surface area contributed by atoms with Gasteiger partial charge in [0.1, 0.15) is 6.26 Å². The van der Waals surface area contributed by atoms with Crippen molar-refractivity contribution >= 4 is 27.6 Å². The van der Waals surface area contributed by atoms with E-state index in [2.05, 4.69) is 33.1 Å². The topological polar surface area (TPSA) is 60.1 Å². The zero-order chi connectivity index (χ0) is 17.7. The molecule has 2 aromatic carbocycles. The van der Waals surface area contributed by atoms with Gasteiger partial charge < -0.3 is 14.3 Å². The number of benzene rings is 2. The molecule has 0 atom stereocenters. The minimum Gasteiger partial charge on any atom is -0.445 e. The summed E-state index contributed by atoms with van der Waals surface area (Å²) in [6.07, 6.45) is 4.68. The summed E-state index contributed by atoms with van der Waals surface area (Å²) in [5, 5.41) is 5.60. The van der Waals surface area contributed by atoms with Crippen LogP contribution in [0.5, 0.6) is 0 Å². The normalized spacial score (nSPS) is 13.8. The van der Waals surface area contributed by atoms with E-state index >= 15 is 0 Å². The number of hydrogen-bond donors (Lipinski definition) is 1. The highest BCUT2D eigenvalue weighted by atomic mass is 16.3. The first-order chi connectivity index (χ1) is 12.8. The lowest BCUT2D eigenvalue weighted by atomic mass is 10.0. The Balaban J connectivity index is 1.85. The van der Waals surface area contributed by atoms with E-state index in [1.807, 2.05) is 19.2 Å². The quantitative estimate of drug-likeness (QED) is 0.611. The van der Waals surface area contributed by atoms with Crippen molar-refractivity contribution in [3.8, 4) is 11.5 Å². The van der Waals surface area contributed by atoms with Crippen LogP contribution in [0.25, 0.3) is 33.3 Å². The van der Waals surface area contributed by atoms with Crippen molar-refractivity contribution < 1.29 is 9.21 Å². The van der Waals surface area contributed by atoms with Gasteiger partial charge >= 0.3 is 0 Å². The number of nitrogens with one attached hydrogen (secondary N) is 1. The number of aromatic nitrogens is 2. The van der Waals surface area contributed by atoms with Gasteiger partial charge in [0, 0.05) is 52.4 Å². The molecule has 1 N–H and O–H groups in total. The van der Waals surface area contributed by atoms with E-state index in [1.54, 1.807) is 12.5 Å². The monoisotopic (exact) mass is 345 g/mol. The number of likely N-dealkylation sites (N-methyl/N-ethyl adjacent to an activating group) is 1. The largest absolute Gasteiger partial charge is 0.445 e. The van der Waals surface area contributed by atoms with E-state index in [4.69, 9.17) is 4.42 Å². The summed E-state index contributed by atoms with van der Waals surface area (Å²) in [7, 11) is 1.96. The number of carbonyl (C=O) groups excluding carboxylic acids is 1. The Labute approximate surface area is 150 Å². The summed E-state index contributed by atoms with van der Waals surface area (Å²) < 4.78 is 7.82. The van der Waals surface area contributed by atoms with Crippen LogP contribution in [0.15, 0.2) is 47.2 Å². The molecule has 130 valence electrons. The molecule has 0 spiro atoms. The summed E-state index contributed by atoms with van der Waals surface area (Å²) in [5.74, 6) is 0.869. The van der Waals surface area contributed by atoms with Gasteiger partial charge in [0.2, 0.25) is 5.89 Å². The van der Waals surface area contributed by atoms with E-state index in [0.717, 1.165) is 30.6 Å². The third-order valence-corrected chi connectivity index (χ3v) is 5.31. The van der Waals surface area contributed by atoms with Gasteiger partial charge in [-0.3, -0.25) is 4.79 Å². The molecule has 0 radical (unpaired) electrons. The predicted molar refractivity (Wildman–Crippen MR) is 102 cm³/mol. The number of fused-ring (bicyclic) bond motifs is 5. The molecule has 0 saturated carbocycles. The van der Waals surface area contributed by atoms with Crippen LogP contribution in [-0.4, -0.2) is 28.9 Å². The van der Waals surface area contributed by atoms with E-state index in [-0.39, 0.29) is 5.78 Å². The fourth-order valence-corrected chi connectivity index (χ4v) is 4.12. The zero-order valence-corrected chi connectivity index (χ0v) is 14.6. The number of oxazole rings is 1. The van der Waals surface area contributed by atoms with Crippen LogP contribution in [-0.2, 0) is 13.0 Å². The van der Waals surface area contributed by atoms with Crippen molar-refractivity contribution in [3.05, 3.63) is 53.9 Å². The number of aryl methyl sites for hydroxylation is 1. The summed E-state index contributed by atoms with van der Waals surface area (Å²) in [6.45, 7) is 1.76.